The van der Waals surface area contributed by atoms with Crippen LogP contribution >= 0.6 is 0 Å². The molecule has 5 aliphatic rings. The van der Waals surface area contributed by atoms with Gasteiger partial charge in [0.15, 0.2) is 5.96 Å². The first kappa shape index (κ1) is 27.1. The minimum Gasteiger partial charge on any atom is -0.493 e. The predicted octanol–water partition coefficient (Wildman–Crippen LogP) is 4.05. The average molecular weight is 549 g/mol. The fourth-order valence-electron chi connectivity index (χ4n) is 6.94. The highest BCUT2D eigenvalue weighted by atomic mass is 16.5. The van der Waals surface area contributed by atoms with Crippen molar-refractivity contribution >= 4 is 11.9 Å². The molecule has 0 aromatic heterocycles. The quantitative estimate of drug-likeness (QED) is 0.530. The number of guanidine groups is 1. The van der Waals surface area contributed by atoms with Gasteiger partial charge in [-0.15, -0.1) is 0 Å². The Hall–Kier alpha value is -3.14. The fourth-order valence-corrected chi connectivity index (χ4v) is 6.94. The van der Waals surface area contributed by atoms with Crippen molar-refractivity contribution in [3.63, 3.8) is 0 Å². The number of carbonyl (C=O) groups excluding carboxylic acids is 1. The second-order valence-corrected chi connectivity index (χ2v) is 11.9. The SMILES string of the molecule is CC[C@@]12CCCCc3ccc4c(c3)[C@@H](NC(O)c3ccc5c(c3)[C@@H](CCO5)N(C(=O)C1)C(N)=N2)[C@@](C)(COC)O4. The fraction of sp³-hybridized carbons (Fsp3) is 0.548. The number of aliphatic hydroxyl groups excluding tert-OH is 1. The molecule has 0 saturated carbocycles. The van der Waals surface area contributed by atoms with E-state index in [9.17, 15) is 9.90 Å². The summed E-state index contributed by atoms with van der Waals surface area (Å²) < 4.78 is 17.9. The number of fused-ring (bicyclic) bond motifs is 5. The highest BCUT2D eigenvalue weighted by Crippen LogP contribution is 2.46. The molecule has 9 nitrogen and oxygen atoms in total. The zero-order chi connectivity index (χ0) is 28.1. The van der Waals surface area contributed by atoms with Crippen LogP contribution in [-0.2, 0) is 16.0 Å². The Morgan fingerprint density at radius 3 is 2.80 bits per heavy atom. The molecule has 0 radical (unpaired) electrons. The molecule has 6 bridgehead atoms. The first-order valence-corrected chi connectivity index (χ1v) is 14.4. The highest BCUT2D eigenvalue weighted by molar-refractivity contribution is 5.99. The summed E-state index contributed by atoms with van der Waals surface area (Å²) in [4.78, 5) is 20.3. The molecular weight excluding hydrogens is 508 g/mol. The van der Waals surface area contributed by atoms with Crippen LogP contribution in [0.4, 0.5) is 0 Å². The predicted molar refractivity (Wildman–Crippen MR) is 151 cm³/mol. The van der Waals surface area contributed by atoms with E-state index in [0.717, 1.165) is 49.0 Å². The van der Waals surface area contributed by atoms with Gasteiger partial charge in [0.1, 0.15) is 23.3 Å². The van der Waals surface area contributed by atoms with E-state index in [1.165, 1.54) is 5.56 Å². The van der Waals surface area contributed by atoms with Crippen LogP contribution in [0.1, 0.15) is 92.9 Å². The van der Waals surface area contributed by atoms with E-state index in [1.54, 1.807) is 12.0 Å². The topological polar surface area (TPSA) is 119 Å². The summed E-state index contributed by atoms with van der Waals surface area (Å²) in [6.07, 6.45) is 4.33. The van der Waals surface area contributed by atoms with Crippen LogP contribution in [0.5, 0.6) is 11.5 Å². The van der Waals surface area contributed by atoms with Crippen LogP contribution in [0.2, 0.25) is 0 Å². The van der Waals surface area contributed by atoms with Crippen molar-refractivity contribution in [3.8, 4) is 11.5 Å². The lowest BCUT2D eigenvalue weighted by atomic mass is 9.84. The molecule has 4 N–H and O–H groups in total. The Labute approximate surface area is 235 Å². The third-order valence-corrected chi connectivity index (χ3v) is 9.13. The Bertz CT molecular complexity index is 1330. The number of carbonyl (C=O) groups is 1. The Morgan fingerprint density at radius 1 is 1.20 bits per heavy atom. The zero-order valence-electron chi connectivity index (χ0n) is 23.6. The number of hydrogen-bond acceptors (Lipinski definition) is 8. The Kier molecular flexibility index (Phi) is 7.01. The standard InChI is InChI=1S/C31H40N4O5/c1-4-31-13-6-5-7-19-8-10-25-22(15-19)27(30(2,40-25)18-38-3)33-28(37)20-9-11-24-21(16-20)23(12-14-39-24)35(26(36)17-31)29(32)34-31/h8-11,15-16,23,27-28,33,37H,4-7,12-14,17-18H2,1-3H3,(H2,32,34)/t23-,27-,28?,30-,31-/m1/s1. The number of aliphatic hydroxyl groups is 1. The third kappa shape index (κ3) is 4.63. The molecule has 1 amide bonds. The van der Waals surface area contributed by atoms with E-state index in [2.05, 4.69) is 24.4 Å². The van der Waals surface area contributed by atoms with Crippen LogP contribution < -0.4 is 20.5 Å². The van der Waals surface area contributed by atoms with E-state index in [1.807, 2.05) is 31.2 Å². The van der Waals surface area contributed by atoms with Crippen molar-refractivity contribution in [3.05, 3.63) is 58.7 Å². The third-order valence-electron chi connectivity index (χ3n) is 9.13. The molecule has 0 aliphatic carbocycles. The normalized spacial score (nSPS) is 31.6. The zero-order valence-corrected chi connectivity index (χ0v) is 23.6. The number of nitrogens with one attached hydrogen (secondary N) is 1. The molecule has 1 unspecified atom stereocenters. The van der Waals surface area contributed by atoms with Gasteiger partial charge < -0.3 is 25.1 Å². The molecule has 214 valence electrons. The van der Waals surface area contributed by atoms with Gasteiger partial charge in [0.05, 0.1) is 37.3 Å². The van der Waals surface area contributed by atoms with Gasteiger partial charge in [0.25, 0.3) is 0 Å². The van der Waals surface area contributed by atoms with Crippen molar-refractivity contribution in [1.29, 1.82) is 0 Å². The summed E-state index contributed by atoms with van der Waals surface area (Å²) in [5.41, 5.74) is 9.11. The molecule has 2 aromatic carbocycles. The monoisotopic (exact) mass is 548 g/mol. The van der Waals surface area contributed by atoms with Crippen LogP contribution in [-0.4, -0.2) is 53.3 Å². The summed E-state index contributed by atoms with van der Waals surface area (Å²) in [6.45, 7) is 4.93. The van der Waals surface area contributed by atoms with Gasteiger partial charge in [-0.3, -0.25) is 15.0 Å². The average Bonchev–Trinajstić information content (AvgIpc) is 3.20. The van der Waals surface area contributed by atoms with Gasteiger partial charge in [-0.1, -0.05) is 31.5 Å². The number of amides is 1. The van der Waals surface area contributed by atoms with E-state index >= 15 is 0 Å². The summed E-state index contributed by atoms with van der Waals surface area (Å²) in [5, 5.41) is 14.9. The smallest absolute Gasteiger partial charge is 0.232 e. The largest absolute Gasteiger partial charge is 0.493 e. The van der Waals surface area contributed by atoms with Gasteiger partial charge >= 0.3 is 0 Å². The van der Waals surface area contributed by atoms with Crippen molar-refractivity contribution in [2.75, 3.05) is 20.3 Å². The van der Waals surface area contributed by atoms with Crippen LogP contribution in [0, 0.1) is 0 Å². The molecule has 0 fully saturated rings. The van der Waals surface area contributed by atoms with Gasteiger partial charge in [-0.05, 0) is 61.9 Å². The maximum Gasteiger partial charge on any atom is 0.232 e. The van der Waals surface area contributed by atoms with Crippen molar-refractivity contribution in [2.45, 2.75) is 88.2 Å². The van der Waals surface area contributed by atoms with E-state index < -0.39 is 17.4 Å². The lowest BCUT2D eigenvalue weighted by Crippen LogP contribution is -2.53. The molecule has 7 rings (SSSR count). The van der Waals surface area contributed by atoms with E-state index in [-0.39, 0.29) is 24.0 Å². The van der Waals surface area contributed by atoms with E-state index in [4.69, 9.17) is 24.9 Å². The minimum atomic E-state index is -0.998. The maximum atomic E-state index is 13.7. The van der Waals surface area contributed by atoms with Crippen molar-refractivity contribution in [2.24, 2.45) is 10.7 Å². The molecule has 5 atom stereocenters. The number of nitrogens with two attached hydrogens (primary N) is 1. The number of aryl methyl sites for hydroxylation is 1. The molecular formula is C31H40N4O5. The maximum absolute atomic E-state index is 13.7. The number of ether oxygens (including phenoxy) is 3. The van der Waals surface area contributed by atoms with Crippen molar-refractivity contribution < 1.29 is 24.1 Å². The van der Waals surface area contributed by atoms with Crippen LogP contribution in [0.3, 0.4) is 0 Å². The minimum absolute atomic E-state index is 0.00365. The number of hydrogen-bond donors (Lipinski definition) is 3. The number of benzene rings is 2. The molecule has 5 heterocycles. The number of nitrogens with zero attached hydrogens (tertiary/aromatic N) is 2. The second kappa shape index (κ2) is 10.4. The first-order chi connectivity index (χ1) is 19.3. The van der Waals surface area contributed by atoms with Crippen molar-refractivity contribution in [1.82, 2.24) is 10.2 Å². The molecule has 5 aliphatic heterocycles. The van der Waals surface area contributed by atoms with Gasteiger partial charge in [0, 0.05) is 24.7 Å². The number of aliphatic imine (C=N–C) groups is 1. The second-order valence-electron chi connectivity index (χ2n) is 11.9. The molecule has 40 heavy (non-hydrogen) atoms. The lowest BCUT2D eigenvalue weighted by molar-refractivity contribution is -0.132. The van der Waals surface area contributed by atoms with Crippen LogP contribution in [0.25, 0.3) is 0 Å². The first-order valence-electron chi connectivity index (χ1n) is 14.4. The molecule has 2 aromatic rings. The highest BCUT2D eigenvalue weighted by Gasteiger charge is 2.47. The Balaban J connectivity index is 1.44. The number of rotatable bonds is 3. The summed E-state index contributed by atoms with van der Waals surface area (Å²) >= 11 is 0. The van der Waals surface area contributed by atoms with E-state index in [0.29, 0.717) is 37.4 Å². The Morgan fingerprint density at radius 2 is 2.02 bits per heavy atom. The van der Waals surface area contributed by atoms with Gasteiger partial charge in [0.2, 0.25) is 5.91 Å². The molecule has 0 spiro atoms. The summed E-state index contributed by atoms with van der Waals surface area (Å²) in [5.74, 6) is 1.77. The summed E-state index contributed by atoms with van der Waals surface area (Å²) in [6, 6.07) is 11.4. The van der Waals surface area contributed by atoms with Gasteiger partial charge in [-0.2, -0.15) is 0 Å². The number of methoxy groups -OCH3 is 1. The lowest BCUT2D eigenvalue weighted by Gasteiger charge is -2.42. The molecule has 9 heteroatoms. The summed E-state index contributed by atoms with van der Waals surface area (Å²) in [7, 11) is 1.66. The van der Waals surface area contributed by atoms with Crippen LogP contribution in [0.15, 0.2) is 41.4 Å². The van der Waals surface area contributed by atoms with Gasteiger partial charge in [-0.25, -0.2) is 4.99 Å². The molecule has 0 saturated heterocycles.